The predicted octanol–water partition coefficient (Wildman–Crippen LogP) is 1.11. The molecule has 2 heterocycles. The van der Waals surface area contributed by atoms with Crippen LogP contribution in [0.25, 0.3) is 0 Å². The molecule has 0 fully saturated rings. The minimum absolute atomic E-state index is 0.196. The number of anilines is 1. The average molecular weight is 269 g/mol. The Morgan fingerprint density at radius 1 is 1.50 bits per heavy atom. The third-order valence-electron chi connectivity index (χ3n) is 2.01. The molecule has 7 nitrogen and oxygen atoms in total. The minimum Gasteiger partial charge on any atom is -0.354 e. The molecular formula is C9H12FN7S. The largest absolute Gasteiger partial charge is 0.354 e. The summed E-state index contributed by atoms with van der Waals surface area (Å²) < 4.78 is 15.0. The van der Waals surface area contributed by atoms with Crippen LogP contribution < -0.4 is 5.32 Å². The SMILES string of the molecule is CCCNc1ncc(F)c(Sc2nnnn2C)n1. The van der Waals surface area contributed by atoms with Gasteiger partial charge in [0.2, 0.25) is 11.1 Å². The molecular weight excluding hydrogens is 257 g/mol. The van der Waals surface area contributed by atoms with Crippen molar-refractivity contribution in [3.05, 3.63) is 12.0 Å². The van der Waals surface area contributed by atoms with Crippen LogP contribution in [0.4, 0.5) is 10.3 Å². The zero-order chi connectivity index (χ0) is 13.0. The van der Waals surface area contributed by atoms with Gasteiger partial charge >= 0.3 is 0 Å². The summed E-state index contributed by atoms with van der Waals surface area (Å²) in [4.78, 5) is 7.94. The summed E-state index contributed by atoms with van der Waals surface area (Å²) in [6, 6.07) is 0. The summed E-state index contributed by atoms with van der Waals surface area (Å²) in [5, 5.41) is 14.6. The molecule has 0 bridgehead atoms. The van der Waals surface area contributed by atoms with Crippen LogP contribution in [0.3, 0.4) is 0 Å². The Morgan fingerprint density at radius 3 is 3.00 bits per heavy atom. The lowest BCUT2D eigenvalue weighted by Gasteiger charge is -2.05. The molecule has 0 amide bonds. The first-order valence-electron chi connectivity index (χ1n) is 5.37. The Labute approximate surface area is 107 Å². The van der Waals surface area contributed by atoms with E-state index in [4.69, 9.17) is 0 Å². The van der Waals surface area contributed by atoms with E-state index in [2.05, 4.69) is 30.8 Å². The van der Waals surface area contributed by atoms with E-state index < -0.39 is 5.82 Å². The maximum absolute atomic E-state index is 13.6. The van der Waals surface area contributed by atoms with Gasteiger partial charge in [0.05, 0.1) is 6.20 Å². The van der Waals surface area contributed by atoms with E-state index in [0.29, 0.717) is 11.1 Å². The quantitative estimate of drug-likeness (QED) is 0.814. The molecule has 0 aliphatic carbocycles. The fourth-order valence-corrected chi connectivity index (χ4v) is 1.84. The van der Waals surface area contributed by atoms with Crippen molar-refractivity contribution in [3.8, 4) is 0 Å². The maximum atomic E-state index is 13.6. The van der Waals surface area contributed by atoms with Crippen molar-refractivity contribution in [2.75, 3.05) is 11.9 Å². The Hall–Kier alpha value is -1.77. The molecule has 18 heavy (non-hydrogen) atoms. The average Bonchev–Trinajstić information content (AvgIpc) is 2.76. The number of aromatic nitrogens is 6. The van der Waals surface area contributed by atoms with Gasteiger partial charge in [-0.25, -0.2) is 19.0 Å². The van der Waals surface area contributed by atoms with Gasteiger partial charge in [-0.3, -0.25) is 0 Å². The topological polar surface area (TPSA) is 81.4 Å². The summed E-state index contributed by atoms with van der Waals surface area (Å²) in [6.07, 6.45) is 2.08. The Bertz CT molecular complexity index is 529. The van der Waals surface area contributed by atoms with Crippen LogP contribution in [0.15, 0.2) is 16.4 Å². The van der Waals surface area contributed by atoms with E-state index >= 15 is 0 Å². The highest BCUT2D eigenvalue weighted by Crippen LogP contribution is 2.25. The fraction of sp³-hybridized carbons (Fsp3) is 0.444. The van der Waals surface area contributed by atoms with Crippen LogP contribution >= 0.6 is 11.8 Å². The van der Waals surface area contributed by atoms with Gasteiger partial charge in [-0.15, -0.1) is 5.10 Å². The maximum Gasteiger partial charge on any atom is 0.223 e. The summed E-state index contributed by atoms with van der Waals surface area (Å²) in [5.74, 6) is -0.0964. The number of hydrogen-bond donors (Lipinski definition) is 1. The second-order valence-corrected chi connectivity index (χ2v) is 4.42. The monoisotopic (exact) mass is 269 g/mol. The van der Waals surface area contributed by atoms with Gasteiger partial charge in [0.15, 0.2) is 5.82 Å². The summed E-state index contributed by atoms with van der Waals surface area (Å²) >= 11 is 1.06. The summed E-state index contributed by atoms with van der Waals surface area (Å²) in [5.41, 5.74) is 0. The van der Waals surface area contributed by atoms with Crippen LogP contribution in [0.5, 0.6) is 0 Å². The molecule has 2 rings (SSSR count). The van der Waals surface area contributed by atoms with Crippen molar-refractivity contribution in [1.29, 1.82) is 0 Å². The molecule has 0 spiro atoms. The number of tetrazole rings is 1. The fourth-order valence-electron chi connectivity index (χ4n) is 1.14. The molecule has 0 saturated heterocycles. The number of halogens is 1. The standard InChI is InChI=1S/C9H12FN7S/c1-3-4-11-8-12-5-6(10)7(13-8)18-9-14-15-16-17(9)2/h5H,3-4H2,1-2H3,(H,11,12,13). The van der Waals surface area contributed by atoms with E-state index in [9.17, 15) is 4.39 Å². The smallest absolute Gasteiger partial charge is 0.223 e. The zero-order valence-electron chi connectivity index (χ0n) is 9.96. The lowest BCUT2D eigenvalue weighted by atomic mass is 10.5. The number of rotatable bonds is 5. The molecule has 0 aliphatic rings. The molecule has 0 unspecified atom stereocenters. The van der Waals surface area contributed by atoms with Crippen LogP contribution in [-0.4, -0.2) is 36.7 Å². The van der Waals surface area contributed by atoms with Crippen molar-refractivity contribution < 1.29 is 4.39 Å². The Kier molecular flexibility index (Phi) is 4.03. The molecule has 0 atom stereocenters. The van der Waals surface area contributed by atoms with E-state index in [0.717, 1.165) is 30.9 Å². The van der Waals surface area contributed by atoms with Gasteiger partial charge in [-0.2, -0.15) is 0 Å². The summed E-state index contributed by atoms with van der Waals surface area (Å²) in [7, 11) is 1.68. The molecule has 2 aromatic heterocycles. The van der Waals surface area contributed by atoms with Gasteiger partial charge in [-0.1, -0.05) is 6.92 Å². The van der Waals surface area contributed by atoms with Crippen molar-refractivity contribution >= 4 is 17.7 Å². The first-order valence-corrected chi connectivity index (χ1v) is 6.19. The number of nitrogens with zero attached hydrogens (tertiary/aromatic N) is 6. The van der Waals surface area contributed by atoms with Gasteiger partial charge in [0.1, 0.15) is 5.03 Å². The molecule has 1 N–H and O–H groups in total. The third kappa shape index (κ3) is 2.92. The van der Waals surface area contributed by atoms with E-state index in [1.165, 1.54) is 4.68 Å². The van der Waals surface area contributed by atoms with Gasteiger partial charge < -0.3 is 5.32 Å². The second-order valence-electron chi connectivity index (χ2n) is 3.46. The number of nitrogens with one attached hydrogen (secondary N) is 1. The molecule has 96 valence electrons. The minimum atomic E-state index is -0.495. The second kappa shape index (κ2) is 5.71. The van der Waals surface area contributed by atoms with Gasteiger partial charge in [-0.05, 0) is 28.6 Å². The first-order chi connectivity index (χ1) is 8.70. The van der Waals surface area contributed by atoms with Crippen LogP contribution in [0, 0.1) is 5.82 Å². The molecule has 0 aliphatic heterocycles. The molecule has 0 saturated carbocycles. The highest BCUT2D eigenvalue weighted by molar-refractivity contribution is 7.99. The number of hydrogen-bond acceptors (Lipinski definition) is 7. The van der Waals surface area contributed by atoms with Gasteiger partial charge in [0.25, 0.3) is 0 Å². The van der Waals surface area contributed by atoms with Crippen molar-refractivity contribution in [1.82, 2.24) is 30.2 Å². The summed E-state index contributed by atoms with van der Waals surface area (Å²) in [6.45, 7) is 2.76. The van der Waals surface area contributed by atoms with Crippen LogP contribution in [-0.2, 0) is 7.05 Å². The van der Waals surface area contributed by atoms with E-state index in [-0.39, 0.29) is 5.03 Å². The first kappa shape index (κ1) is 12.7. The van der Waals surface area contributed by atoms with E-state index in [1.807, 2.05) is 6.92 Å². The zero-order valence-corrected chi connectivity index (χ0v) is 10.8. The Morgan fingerprint density at radius 2 is 2.33 bits per heavy atom. The Balaban J connectivity index is 2.18. The van der Waals surface area contributed by atoms with Gasteiger partial charge in [0, 0.05) is 13.6 Å². The van der Waals surface area contributed by atoms with E-state index in [1.54, 1.807) is 7.05 Å². The van der Waals surface area contributed by atoms with Crippen molar-refractivity contribution in [2.45, 2.75) is 23.5 Å². The molecule has 0 aromatic carbocycles. The van der Waals surface area contributed by atoms with Crippen LogP contribution in [0.1, 0.15) is 13.3 Å². The molecule has 2 aromatic rings. The highest BCUT2D eigenvalue weighted by Gasteiger charge is 2.12. The molecule has 0 radical (unpaired) electrons. The lowest BCUT2D eigenvalue weighted by molar-refractivity contribution is 0.578. The highest BCUT2D eigenvalue weighted by atomic mass is 32.2. The molecule has 9 heteroatoms. The van der Waals surface area contributed by atoms with Crippen molar-refractivity contribution in [3.63, 3.8) is 0 Å². The van der Waals surface area contributed by atoms with Crippen molar-refractivity contribution in [2.24, 2.45) is 7.05 Å². The predicted molar refractivity (Wildman–Crippen MR) is 63.7 cm³/mol. The van der Waals surface area contributed by atoms with Crippen LogP contribution in [0.2, 0.25) is 0 Å². The third-order valence-corrected chi connectivity index (χ3v) is 3.02. The lowest BCUT2D eigenvalue weighted by Crippen LogP contribution is -2.05. The number of aryl methyl sites for hydroxylation is 1. The normalized spacial score (nSPS) is 10.6.